The van der Waals surface area contributed by atoms with E-state index in [1.165, 1.54) is 17.0 Å². The number of aliphatic carboxylic acids is 1. The molecule has 2 rings (SSSR count). The number of alkyl halides is 3. The molecular formula is C27H34F3NO7. The summed E-state index contributed by atoms with van der Waals surface area (Å²) in [5, 5.41) is 9.24. The van der Waals surface area contributed by atoms with Crippen molar-refractivity contribution in [1.29, 1.82) is 0 Å². The van der Waals surface area contributed by atoms with E-state index in [2.05, 4.69) is 4.74 Å². The molecule has 1 unspecified atom stereocenters. The zero-order chi connectivity index (χ0) is 28.1. The molecule has 0 aliphatic rings. The maximum Gasteiger partial charge on any atom is 0.573 e. The Morgan fingerprint density at radius 3 is 2.03 bits per heavy atom. The molecule has 38 heavy (non-hydrogen) atoms. The van der Waals surface area contributed by atoms with E-state index in [0.29, 0.717) is 18.9 Å². The fraction of sp³-hybridized carbons (Fsp3) is 0.481. The van der Waals surface area contributed by atoms with E-state index < -0.39 is 30.3 Å². The number of carbonyl (C=O) groups is 2. The standard InChI is InChI=1S/C27H34F3NO7/c1-4-19(5-2)18-31(26(34)37-22-11-13-23(14-12-22)38-27(28,29)30)15-16-36-21-9-7-20(8-10-21)17-24(25(32)33)35-6-3/h7-14,19,24H,4-6,15-18H2,1-3H3,(H,32,33). The van der Waals surface area contributed by atoms with Crippen molar-refractivity contribution in [3.63, 3.8) is 0 Å². The zero-order valence-electron chi connectivity index (χ0n) is 21.7. The molecule has 0 aromatic heterocycles. The van der Waals surface area contributed by atoms with Crippen molar-refractivity contribution >= 4 is 12.1 Å². The van der Waals surface area contributed by atoms with Gasteiger partial charge in [-0.1, -0.05) is 38.8 Å². The number of hydrogen-bond acceptors (Lipinski definition) is 6. The third-order valence-electron chi connectivity index (χ3n) is 5.77. The third-order valence-corrected chi connectivity index (χ3v) is 5.77. The second-order valence-electron chi connectivity index (χ2n) is 8.49. The summed E-state index contributed by atoms with van der Waals surface area (Å²) in [5.41, 5.74) is 0.781. The molecule has 0 radical (unpaired) electrons. The Morgan fingerprint density at radius 2 is 1.50 bits per heavy atom. The first kappa shape index (κ1) is 30.8. The zero-order valence-corrected chi connectivity index (χ0v) is 21.7. The van der Waals surface area contributed by atoms with Crippen LogP contribution in [0.25, 0.3) is 0 Å². The van der Waals surface area contributed by atoms with Crippen molar-refractivity contribution in [3.05, 3.63) is 54.1 Å². The van der Waals surface area contributed by atoms with Crippen molar-refractivity contribution < 1.29 is 46.8 Å². The van der Waals surface area contributed by atoms with Crippen LogP contribution < -0.4 is 14.2 Å². The minimum atomic E-state index is -4.81. The Bertz CT molecular complexity index is 993. The number of amides is 1. The van der Waals surface area contributed by atoms with Crippen molar-refractivity contribution in [3.8, 4) is 17.2 Å². The number of carboxylic acids is 1. The van der Waals surface area contributed by atoms with Crippen molar-refractivity contribution in [2.45, 2.75) is 52.5 Å². The lowest BCUT2D eigenvalue weighted by Crippen LogP contribution is -2.40. The summed E-state index contributed by atoms with van der Waals surface area (Å²) in [6.45, 7) is 6.90. The summed E-state index contributed by atoms with van der Waals surface area (Å²) in [7, 11) is 0. The highest BCUT2D eigenvalue weighted by Crippen LogP contribution is 2.25. The summed E-state index contributed by atoms with van der Waals surface area (Å²) in [5.74, 6) is -0.573. The number of hydrogen-bond donors (Lipinski definition) is 1. The normalized spacial score (nSPS) is 12.2. The minimum absolute atomic E-state index is 0.0855. The number of carboxylic acid groups (broad SMARTS) is 1. The smallest absolute Gasteiger partial charge is 0.492 e. The van der Waals surface area contributed by atoms with Crippen LogP contribution in [0.5, 0.6) is 17.2 Å². The molecule has 0 saturated heterocycles. The first-order chi connectivity index (χ1) is 18.0. The van der Waals surface area contributed by atoms with Gasteiger partial charge < -0.3 is 29.0 Å². The molecular weight excluding hydrogens is 507 g/mol. The second kappa shape index (κ2) is 15.1. The van der Waals surface area contributed by atoms with Crippen LogP contribution in [0.1, 0.15) is 39.2 Å². The van der Waals surface area contributed by atoms with E-state index >= 15 is 0 Å². The summed E-state index contributed by atoms with van der Waals surface area (Å²) in [6.07, 6.45) is -4.45. The number of halogens is 3. The van der Waals surface area contributed by atoms with Crippen LogP contribution in [0.3, 0.4) is 0 Å². The van der Waals surface area contributed by atoms with Crippen LogP contribution in [-0.2, 0) is 16.0 Å². The predicted octanol–water partition coefficient (Wildman–Crippen LogP) is 5.93. The van der Waals surface area contributed by atoms with Gasteiger partial charge in [0.15, 0.2) is 6.10 Å². The van der Waals surface area contributed by atoms with Crippen LogP contribution in [0, 0.1) is 5.92 Å². The van der Waals surface area contributed by atoms with Gasteiger partial charge in [-0.3, -0.25) is 0 Å². The second-order valence-corrected chi connectivity index (χ2v) is 8.49. The summed E-state index contributed by atoms with van der Waals surface area (Å²) in [6, 6.07) is 11.5. The molecule has 0 heterocycles. The fourth-order valence-corrected chi connectivity index (χ4v) is 3.62. The van der Waals surface area contributed by atoms with Gasteiger partial charge >= 0.3 is 18.4 Å². The molecule has 1 atom stereocenters. The molecule has 1 amide bonds. The monoisotopic (exact) mass is 541 g/mol. The molecule has 0 fully saturated rings. The molecule has 0 aliphatic carbocycles. The molecule has 8 nitrogen and oxygen atoms in total. The highest BCUT2D eigenvalue weighted by Gasteiger charge is 2.31. The number of benzene rings is 2. The SMILES string of the molecule is CCOC(Cc1ccc(OCCN(CC(CC)CC)C(=O)Oc2ccc(OC(F)(F)F)cc2)cc1)C(=O)O. The lowest BCUT2D eigenvalue weighted by Gasteiger charge is -2.26. The maximum absolute atomic E-state index is 12.9. The van der Waals surface area contributed by atoms with Gasteiger partial charge in [-0.05, 0) is 54.8 Å². The lowest BCUT2D eigenvalue weighted by molar-refractivity contribution is -0.274. The largest absolute Gasteiger partial charge is 0.573 e. The van der Waals surface area contributed by atoms with Gasteiger partial charge in [0.05, 0.1) is 6.54 Å². The quantitative estimate of drug-likeness (QED) is 0.299. The van der Waals surface area contributed by atoms with Gasteiger partial charge in [0.1, 0.15) is 23.9 Å². The lowest BCUT2D eigenvalue weighted by atomic mass is 10.0. The number of ether oxygens (including phenoxy) is 4. The number of carbonyl (C=O) groups excluding carboxylic acids is 1. The molecule has 2 aromatic carbocycles. The first-order valence-corrected chi connectivity index (χ1v) is 12.4. The van der Waals surface area contributed by atoms with Crippen molar-refractivity contribution in [2.24, 2.45) is 5.92 Å². The van der Waals surface area contributed by atoms with E-state index in [1.54, 1.807) is 31.2 Å². The summed E-state index contributed by atoms with van der Waals surface area (Å²) >= 11 is 0. The molecule has 2 aromatic rings. The van der Waals surface area contributed by atoms with Crippen LogP contribution >= 0.6 is 0 Å². The Hall–Kier alpha value is -3.47. The van der Waals surface area contributed by atoms with Crippen LogP contribution in [0.2, 0.25) is 0 Å². The Morgan fingerprint density at radius 1 is 0.921 bits per heavy atom. The highest BCUT2D eigenvalue weighted by atomic mass is 19.4. The average molecular weight is 542 g/mol. The van der Waals surface area contributed by atoms with Crippen molar-refractivity contribution in [1.82, 2.24) is 4.90 Å². The van der Waals surface area contributed by atoms with Gasteiger partial charge in [-0.25, -0.2) is 9.59 Å². The number of rotatable bonds is 15. The van der Waals surface area contributed by atoms with Crippen molar-refractivity contribution in [2.75, 3.05) is 26.3 Å². The van der Waals surface area contributed by atoms with E-state index in [1.807, 2.05) is 13.8 Å². The predicted molar refractivity (Wildman–Crippen MR) is 133 cm³/mol. The van der Waals surface area contributed by atoms with Gasteiger partial charge in [-0.15, -0.1) is 13.2 Å². The molecule has 0 saturated carbocycles. The Labute approximate surface area is 220 Å². The van der Waals surface area contributed by atoms with E-state index in [0.717, 1.165) is 30.5 Å². The molecule has 0 aliphatic heterocycles. The minimum Gasteiger partial charge on any atom is -0.492 e. The molecule has 11 heteroatoms. The highest BCUT2D eigenvalue weighted by molar-refractivity contribution is 5.72. The first-order valence-electron chi connectivity index (χ1n) is 12.4. The summed E-state index contributed by atoms with van der Waals surface area (Å²) < 4.78 is 57.3. The summed E-state index contributed by atoms with van der Waals surface area (Å²) in [4.78, 5) is 25.7. The Kier molecular flexibility index (Phi) is 12.2. The van der Waals surface area contributed by atoms with E-state index in [-0.39, 0.29) is 31.2 Å². The molecule has 1 N–H and O–H groups in total. The average Bonchev–Trinajstić information content (AvgIpc) is 2.87. The van der Waals surface area contributed by atoms with Gasteiger partial charge in [-0.2, -0.15) is 0 Å². The third kappa shape index (κ3) is 10.9. The van der Waals surface area contributed by atoms with Crippen LogP contribution in [-0.4, -0.2) is 60.8 Å². The van der Waals surface area contributed by atoms with E-state index in [9.17, 15) is 27.9 Å². The van der Waals surface area contributed by atoms with Gasteiger partial charge in [0.2, 0.25) is 0 Å². The number of nitrogens with zero attached hydrogens (tertiary/aromatic N) is 1. The van der Waals surface area contributed by atoms with E-state index in [4.69, 9.17) is 14.2 Å². The molecule has 0 bridgehead atoms. The molecule has 0 spiro atoms. The Balaban J connectivity index is 1.97. The molecule has 210 valence electrons. The van der Waals surface area contributed by atoms with Crippen LogP contribution in [0.15, 0.2) is 48.5 Å². The van der Waals surface area contributed by atoms with Gasteiger partial charge in [0, 0.05) is 19.6 Å². The fourth-order valence-electron chi connectivity index (χ4n) is 3.62. The maximum atomic E-state index is 12.9. The van der Waals surface area contributed by atoms with Gasteiger partial charge in [0.25, 0.3) is 0 Å². The topological polar surface area (TPSA) is 94.5 Å². The van der Waals surface area contributed by atoms with Crippen LogP contribution in [0.4, 0.5) is 18.0 Å².